The predicted octanol–water partition coefficient (Wildman–Crippen LogP) is 2.95. The van der Waals surface area contributed by atoms with E-state index < -0.39 is 22.0 Å². The van der Waals surface area contributed by atoms with E-state index in [9.17, 15) is 18.0 Å². The Balaban J connectivity index is 1.66. The van der Waals surface area contributed by atoms with Crippen molar-refractivity contribution in [1.82, 2.24) is 14.9 Å². The molecular formula is C24H31N3O4S2. The van der Waals surface area contributed by atoms with Crippen LogP contribution in [0.15, 0.2) is 53.4 Å². The highest BCUT2D eigenvalue weighted by Gasteiger charge is 2.25. The number of aryl methyl sites for hydroxylation is 1. The average Bonchev–Trinajstić information content (AvgIpc) is 3.35. The number of carbonyl (C=O) groups is 2. The van der Waals surface area contributed by atoms with E-state index in [0.717, 1.165) is 37.1 Å². The molecule has 1 fully saturated rings. The zero-order chi connectivity index (χ0) is 23.8. The van der Waals surface area contributed by atoms with Crippen molar-refractivity contribution in [2.24, 2.45) is 0 Å². The topological polar surface area (TPSA) is 95.6 Å². The Morgan fingerprint density at radius 3 is 2.45 bits per heavy atom. The molecule has 1 heterocycles. The van der Waals surface area contributed by atoms with Crippen LogP contribution in [0.1, 0.15) is 40.7 Å². The summed E-state index contributed by atoms with van der Waals surface area (Å²) in [4.78, 5) is 27.5. The van der Waals surface area contributed by atoms with E-state index >= 15 is 0 Å². The normalized spacial score (nSPS) is 14.8. The van der Waals surface area contributed by atoms with E-state index in [-0.39, 0.29) is 17.3 Å². The lowest BCUT2D eigenvalue weighted by Gasteiger charge is -2.19. The number of nitrogens with one attached hydrogen (secondary N) is 2. The molecule has 0 aromatic heterocycles. The number of thioether (sulfide) groups is 1. The van der Waals surface area contributed by atoms with Gasteiger partial charge in [-0.1, -0.05) is 29.8 Å². The number of benzene rings is 2. The van der Waals surface area contributed by atoms with Crippen LogP contribution in [0.3, 0.4) is 0 Å². The van der Waals surface area contributed by atoms with Crippen molar-refractivity contribution < 1.29 is 18.0 Å². The summed E-state index contributed by atoms with van der Waals surface area (Å²) in [6, 6.07) is 12.8. The van der Waals surface area contributed by atoms with Crippen molar-refractivity contribution in [2.75, 3.05) is 25.1 Å². The van der Waals surface area contributed by atoms with Gasteiger partial charge in [-0.15, -0.1) is 0 Å². The Hall–Kier alpha value is -2.36. The van der Waals surface area contributed by atoms with Gasteiger partial charge in [0.1, 0.15) is 6.04 Å². The molecule has 1 saturated heterocycles. The Labute approximate surface area is 200 Å². The molecule has 0 aliphatic carbocycles. The van der Waals surface area contributed by atoms with E-state index in [2.05, 4.69) is 10.0 Å². The van der Waals surface area contributed by atoms with Crippen LogP contribution in [0.5, 0.6) is 0 Å². The SMILES string of the molecule is CSCCC(NS(=O)(=O)c1ccc(C)cc1)C(=O)NCc1cccc(C(=O)N2CCCC2)c1. The van der Waals surface area contributed by atoms with Gasteiger partial charge in [-0.05, 0) is 68.0 Å². The molecule has 1 aliphatic heterocycles. The van der Waals surface area contributed by atoms with Gasteiger partial charge in [-0.25, -0.2) is 8.42 Å². The lowest BCUT2D eigenvalue weighted by molar-refractivity contribution is -0.122. The first kappa shape index (κ1) is 25.3. The largest absolute Gasteiger partial charge is 0.351 e. The van der Waals surface area contributed by atoms with Gasteiger partial charge in [0.25, 0.3) is 5.91 Å². The summed E-state index contributed by atoms with van der Waals surface area (Å²) in [6.07, 6.45) is 4.33. The highest BCUT2D eigenvalue weighted by Crippen LogP contribution is 2.15. The van der Waals surface area contributed by atoms with Crippen LogP contribution in [-0.2, 0) is 21.4 Å². The third kappa shape index (κ3) is 7.06. The van der Waals surface area contributed by atoms with Gasteiger partial charge in [0.05, 0.1) is 4.90 Å². The lowest BCUT2D eigenvalue weighted by atomic mass is 10.1. The van der Waals surface area contributed by atoms with E-state index in [0.29, 0.717) is 17.7 Å². The predicted molar refractivity (Wildman–Crippen MR) is 132 cm³/mol. The zero-order valence-electron chi connectivity index (χ0n) is 19.0. The van der Waals surface area contributed by atoms with Crippen molar-refractivity contribution in [3.05, 3.63) is 65.2 Å². The van der Waals surface area contributed by atoms with Crippen LogP contribution in [-0.4, -0.2) is 56.3 Å². The van der Waals surface area contributed by atoms with Gasteiger partial charge in [-0.3, -0.25) is 9.59 Å². The first-order valence-corrected chi connectivity index (χ1v) is 13.9. The van der Waals surface area contributed by atoms with Gasteiger partial charge in [0.15, 0.2) is 0 Å². The number of carbonyl (C=O) groups excluding carboxylic acids is 2. The van der Waals surface area contributed by atoms with E-state index in [1.54, 1.807) is 42.1 Å². The summed E-state index contributed by atoms with van der Waals surface area (Å²) in [5, 5.41) is 2.83. The smallest absolute Gasteiger partial charge is 0.253 e. The molecule has 2 aromatic carbocycles. The number of rotatable bonds is 10. The number of hydrogen-bond acceptors (Lipinski definition) is 5. The summed E-state index contributed by atoms with van der Waals surface area (Å²) in [5.74, 6) is 0.245. The van der Waals surface area contributed by atoms with Crippen LogP contribution >= 0.6 is 11.8 Å². The number of amides is 2. The van der Waals surface area contributed by atoms with E-state index in [1.807, 2.05) is 24.1 Å². The second-order valence-corrected chi connectivity index (χ2v) is 10.9. The van der Waals surface area contributed by atoms with Crippen molar-refractivity contribution in [1.29, 1.82) is 0 Å². The van der Waals surface area contributed by atoms with Gasteiger partial charge in [0, 0.05) is 25.2 Å². The summed E-state index contributed by atoms with van der Waals surface area (Å²) < 4.78 is 28.2. The number of hydrogen-bond donors (Lipinski definition) is 2. The summed E-state index contributed by atoms with van der Waals surface area (Å²) >= 11 is 1.55. The number of likely N-dealkylation sites (tertiary alicyclic amines) is 1. The monoisotopic (exact) mass is 489 g/mol. The molecule has 178 valence electrons. The fourth-order valence-electron chi connectivity index (χ4n) is 3.68. The standard InChI is InChI=1S/C24H31N3O4S2/c1-18-8-10-21(11-9-18)33(30,31)26-22(12-15-32-2)23(28)25-17-19-6-5-7-20(16-19)24(29)27-13-3-4-14-27/h5-11,16,22,26H,3-4,12-15,17H2,1-2H3,(H,25,28). The Morgan fingerprint density at radius 2 is 1.79 bits per heavy atom. The molecule has 0 spiro atoms. The molecule has 0 bridgehead atoms. The molecule has 2 N–H and O–H groups in total. The third-order valence-corrected chi connectivity index (χ3v) is 7.72. The average molecular weight is 490 g/mol. The Kier molecular flexibility index (Phi) is 8.94. The van der Waals surface area contributed by atoms with Crippen molar-refractivity contribution in [2.45, 2.75) is 43.7 Å². The van der Waals surface area contributed by atoms with Crippen LogP contribution in [0.2, 0.25) is 0 Å². The second-order valence-electron chi connectivity index (χ2n) is 8.19. The third-order valence-electron chi connectivity index (χ3n) is 5.59. The van der Waals surface area contributed by atoms with Crippen LogP contribution in [0.4, 0.5) is 0 Å². The second kappa shape index (κ2) is 11.7. The van der Waals surface area contributed by atoms with E-state index in [4.69, 9.17) is 0 Å². The molecule has 7 nitrogen and oxygen atoms in total. The first-order valence-electron chi connectivity index (χ1n) is 11.0. The lowest BCUT2D eigenvalue weighted by Crippen LogP contribution is -2.46. The maximum Gasteiger partial charge on any atom is 0.253 e. The van der Waals surface area contributed by atoms with Crippen LogP contribution in [0, 0.1) is 6.92 Å². The fraction of sp³-hybridized carbons (Fsp3) is 0.417. The highest BCUT2D eigenvalue weighted by atomic mass is 32.2. The number of sulfonamides is 1. The molecule has 0 saturated carbocycles. The highest BCUT2D eigenvalue weighted by molar-refractivity contribution is 7.98. The van der Waals surface area contributed by atoms with Crippen molar-refractivity contribution in [3.8, 4) is 0 Å². The Bertz CT molecular complexity index is 1070. The summed E-state index contributed by atoms with van der Waals surface area (Å²) in [5.41, 5.74) is 2.34. The maximum atomic E-state index is 12.9. The van der Waals surface area contributed by atoms with Gasteiger partial charge < -0.3 is 10.2 Å². The summed E-state index contributed by atoms with van der Waals surface area (Å²) in [7, 11) is -3.83. The zero-order valence-corrected chi connectivity index (χ0v) is 20.7. The molecule has 0 radical (unpaired) electrons. The first-order chi connectivity index (χ1) is 15.8. The molecule has 2 aromatic rings. The number of nitrogens with zero attached hydrogens (tertiary/aromatic N) is 1. The summed E-state index contributed by atoms with van der Waals surface area (Å²) in [6.45, 7) is 3.64. The van der Waals surface area contributed by atoms with Crippen molar-refractivity contribution >= 4 is 33.6 Å². The minimum Gasteiger partial charge on any atom is -0.351 e. The molecule has 9 heteroatoms. The molecule has 2 amide bonds. The maximum absolute atomic E-state index is 12.9. The van der Waals surface area contributed by atoms with Crippen LogP contribution < -0.4 is 10.0 Å². The van der Waals surface area contributed by atoms with Gasteiger partial charge >= 0.3 is 0 Å². The minimum atomic E-state index is -3.83. The van der Waals surface area contributed by atoms with Crippen molar-refractivity contribution in [3.63, 3.8) is 0 Å². The molecule has 33 heavy (non-hydrogen) atoms. The molecule has 3 rings (SSSR count). The molecular weight excluding hydrogens is 458 g/mol. The molecule has 1 atom stereocenters. The molecule has 1 unspecified atom stereocenters. The van der Waals surface area contributed by atoms with Crippen LogP contribution in [0.25, 0.3) is 0 Å². The Morgan fingerprint density at radius 1 is 1.09 bits per heavy atom. The fourth-order valence-corrected chi connectivity index (χ4v) is 5.38. The van der Waals surface area contributed by atoms with E-state index in [1.165, 1.54) is 12.1 Å². The van der Waals surface area contributed by atoms with Gasteiger partial charge in [-0.2, -0.15) is 16.5 Å². The quantitative estimate of drug-likeness (QED) is 0.535. The minimum absolute atomic E-state index is 0.00406. The van der Waals surface area contributed by atoms with Gasteiger partial charge in [0.2, 0.25) is 15.9 Å². The molecule has 1 aliphatic rings.